The lowest BCUT2D eigenvalue weighted by atomic mass is 10.1. The van der Waals surface area contributed by atoms with E-state index in [9.17, 15) is 9.18 Å². The minimum absolute atomic E-state index is 0. The van der Waals surface area contributed by atoms with E-state index in [4.69, 9.17) is 0 Å². The molecule has 0 spiro atoms. The zero-order valence-electron chi connectivity index (χ0n) is 14.1. The second-order valence-electron chi connectivity index (χ2n) is 5.89. The van der Waals surface area contributed by atoms with Gasteiger partial charge in [-0.2, -0.15) is 0 Å². The van der Waals surface area contributed by atoms with E-state index in [-0.39, 0.29) is 42.6 Å². The van der Waals surface area contributed by atoms with Gasteiger partial charge >= 0.3 is 0 Å². The lowest BCUT2D eigenvalue weighted by molar-refractivity contribution is 0.0747. The molecule has 2 aromatic rings. The first kappa shape index (κ1) is 21.8. The normalized spacial score (nSPS) is 16.0. The lowest BCUT2D eigenvalue weighted by Crippen LogP contribution is -2.38. The van der Waals surface area contributed by atoms with Gasteiger partial charge in [-0.15, -0.1) is 36.2 Å². The van der Waals surface area contributed by atoms with Crippen LogP contribution in [0.15, 0.2) is 24.3 Å². The van der Waals surface area contributed by atoms with Crippen LogP contribution in [0.3, 0.4) is 0 Å². The third-order valence-corrected chi connectivity index (χ3v) is 5.35. The van der Waals surface area contributed by atoms with Crippen LogP contribution in [0.5, 0.6) is 0 Å². The smallest absolute Gasteiger partial charge is 0.265 e. The number of nitrogens with zero attached hydrogens (tertiary/aromatic N) is 2. The third-order valence-electron chi connectivity index (χ3n) is 4.21. The van der Waals surface area contributed by atoms with Crippen molar-refractivity contribution in [2.75, 3.05) is 20.1 Å². The zero-order chi connectivity index (χ0) is 16.4. The van der Waals surface area contributed by atoms with E-state index in [1.807, 2.05) is 18.9 Å². The van der Waals surface area contributed by atoms with Gasteiger partial charge in [-0.25, -0.2) is 9.37 Å². The second-order valence-corrected chi connectivity index (χ2v) is 6.97. The maximum absolute atomic E-state index is 13.0. The highest BCUT2D eigenvalue weighted by Gasteiger charge is 2.26. The highest BCUT2D eigenvalue weighted by atomic mass is 35.5. The van der Waals surface area contributed by atoms with Gasteiger partial charge in [0.2, 0.25) is 0 Å². The maximum atomic E-state index is 13.0. The fourth-order valence-electron chi connectivity index (χ4n) is 2.80. The van der Waals surface area contributed by atoms with Crippen LogP contribution >= 0.6 is 36.2 Å². The van der Waals surface area contributed by atoms with E-state index in [2.05, 4.69) is 10.3 Å². The summed E-state index contributed by atoms with van der Waals surface area (Å²) >= 11 is 1.44. The minimum Gasteiger partial charge on any atom is -0.337 e. The number of rotatable bonds is 4. The van der Waals surface area contributed by atoms with Gasteiger partial charge < -0.3 is 10.2 Å². The first-order valence-electron chi connectivity index (χ1n) is 7.73. The molecule has 4 nitrogen and oxygen atoms in total. The molecule has 1 saturated heterocycles. The molecule has 0 radical (unpaired) electrons. The molecule has 0 saturated carbocycles. The largest absolute Gasteiger partial charge is 0.337 e. The molecule has 1 aromatic heterocycles. The van der Waals surface area contributed by atoms with Crippen molar-refractivity contribution in [1.82, 2.24) is 15.2 Å². The summed E-state index contributed by atoms with van der Waals surface area (Å²) < 4.78 is 13.0. The Kier molecular flexibility index (Phi) is 8.28. The highest BCUT2D eigenvalue weighted by molar-refractivity contribution is 7.13. The van der Waals surface area contributed by atoms with E-state index in [0.717, 1.165) is 35.8 Å². The Morgan fingerprint density at radius 3 is 2.64 bits per heavy atom. The summed E-state index contributed by atoms with van der Waals surface area (Å²) in [4.78, 5) is 19.7. The van der Waals surface area contributed by atoms with Gasteiger partial charge in [-0.3, -0.25) is 4.79 Å². The molecular formula is C17H22Cl2FN3OS. The lowest BCUT2D eigenvalue weighted by Gasteiger charge is -2.23. The Morgan fingerprint density at radius 2 is 2.04 bits per heavy atom. The van der Waals surface area contributed by atoms with Gasteiger partial charge in [0.05, 0.1) is 10.7 Å². The molecule has 1 fully saturated rings. The Balaban J connectivity index is 0.00000156. The number of likely N-dealkylation sites (N-methyl/N-ethyl adjacent to an activating group) is 1. The second kappa shape index (κ2) is 9.48. The van der Waals surface area contributed by atoms with Crippen molar-refractivity contribution in [3.8, 4) is 0 Å². The fraction of sp³-hybridized carbons (Fsp3) is 0.412. The molecule has 2 heterocycles. The Bertz CT molecular complexity index is 702. The van der Waals surface area contributed by atoms with Crippen LogP contribution in [-0.2, 0) is 6.42 Å². The van der Waals surface area contributed by atoms with Gasteiger partial charge in [0.25, 0.3) is 5.91 Å². The molecular weight excluding hydrogens is 384 g/mol. The quantitative estimate of drug-likeness (QED) is 0.846. The zero-order valence-corrected chi connectivity index (χ0v) is 16.6. The monoisotopic (exact) mass is 405 g/mol. The molecule has 1 aliphatic rings. The average Bonchev–Trinajstić information content (AvgIpc) is 3.18. The number of hydrogen-bond donors (Lipinski definition) is 1. The summed E-state index contributed by atoms with van der Waals surface area (Å²) in [5.74, 6) is -0.203. The average molecular weight is 406 g/mol. The van der Waals surface area contributed by atoms with Crippen LogP contribution in [0.2, 0.25) is 0 Å². The van der Waals surface area contributed by atoms with Crippen molar-refractivity contribution in [2.24, 2.45) is 0 Å². The van der Waals surface area contributed by atoms with Crippen molar-refractivity contribution in [2.45, 2.75) is 25.8 Å². The highest BCUT2D eigenvalue weighted by Crippen LogP contribution is 2.23. The Morgan fingerprint density at radius 1 is 1.36 bits per heavy atom. The fourth-order valence-corrected chi connectivity index (χ4v) is 3.88. The summed E-state index contributed by atoms with van der Waals surface area (Å²) in [5, 5.41) is 4.16. The number of amides is 1. The standard InChI is InChI=1S/C17H20FN3OS.2ClH/c1-11-16(17(22)21(2)14-7-8-19-10-14)23-15(20-11)9-12-3-5-13(18)6-4-12;;/h3-6,14,19H,7-10H2,1-2H3;2*1H. The maximum Gasteiger partial charge on any atom is 0.265 e. The van der Waals surface area contributed by atoms with E-state index >= 15 is 0 Å². The van der Waals surface area contributed by atoms with Crippen molar-refractivity contribution in [1.29, 1.82) is 0 Å². The molecule has 0 bridgehead atoms. The summed E-state index contributed by atoms with van der Waals surface area (Å²) in [5.41, 5.74) is 1.77. The van der Waals surface area contributed by atoms with Crippen LogP contribution in [-0.4, -0.2) is 42.0 Å². The Labute approximate surface area is 163 Å². The van der Waals surface area contributed by atoms with Crippen molar-refractivity contribution >= 4 is 42.1 Å². The summed E-state index contributed by atoms with van der Waals surface area (Å²) in [6.07, 6.45) is 1.61. The van der Waals surface area contributed by atoms with Crippen molar-refractivity contribution in [3.05, 3.63) is 51.2 Å². The summed E-state index contributed by atoms with van der Waals surface area (Å²) in [6, 6.07) is 6.66. The van der Waals surface area contributed by atoms with Crippen LogP contribution in [0.4, 0.5) is 4.39 Å². The van der Waals surface area contributed by atoms with E-state index in [1.54, 1.807) is 12.1 Å². The Hall–Kier alpha value is -1.21. The number of aromatic nitrogens is 1. The van der Waals surface area contributed by atoms with E-state index in [1.165, 1.54) is 23.5 Å². The molecule has 1 N–H and O–H groups in total. The van der Waals surface area contributed by atoms with Crippen LogP contribution in [0, 0.1) is 12.7 Å². The molecule has 0 aliphatic carbocycles. The molecule has 1 aliphatic heterocycles. The number of thiazole rings is 1. The first-order valence-corrected chi connectivity index (χ1v) is 8.55. The first-order chi connectivity index (χ1) is 11.0. The SMILES string of the molecule is Cc1nc(Cc2ccc(F)cc2)sc1C(=O)N(C)C1CCNC1.Cl.Cl. The van der Waals surface area contributed by atoms with Crippen LogP contribution in [0.25, 0.3) is 0 Å². The van der Waals surface area contributed by atoms with Gasteiger partial charge in [0.1, 0.15) is 10.7 Å². The number of halogens is 3. The van der Waals surface area contributed by atoms with Gasteiger partial charge in [0.15, 0.2) is 0 Å². The molecule has 1 atom stereocenters. The van der Waals surface area contributed by atoms with E-state index in [0.29, 0.717) is 11.3 Å². The topological polar surface area (TPSA) is 45.2 Å². The number of hydrogen-bond acceptors (Lipinski definition) is 4. The predicted molar refractivity (Wildman–Crippen MR) is 104 cm³/mol. The molecule has 8 heteroatoms. The van der Waals surface area contributed by atoms with Gasteiger partial charge in [0, 0.05) is 26.1 Å². The molecule has 1 aromatic carbocycles. The predicted octanol–water partition coefficient (Wildman–Crippen LogP) is 3.46. The number of nitrogens with one attached hydrogen (secondary N) is 1. The molecule has 1 amide bonds. The number of carbonyl (C=O) groups is 1. The number of aryl methyl sites for hydroxylation is 1. The number of carbonyl (C=O) groups excluding carboxylic acids is 1. The van der Waals surface area contributed by atoms with Crippen LogP contribution in [0.1, 0.15) is 32.4 Å². The summed E-state index contributed by atoms with van der Waals surface area (Å²) in [7, 11) is 1.86. The molecule has 25 heavy (non-hydrogen) atoms. The van der Waals surface area contributed by atoms with Gasteiger partial charge in [-0.1, -0.05) is 12.1 Å². The third kappa shape index (κ3) is 5.14. The molecule has 3 rings (SSSR count). The number of benzene rings is 1. The molecule has 1 unspecified atom stereocenters. The minimum atomic E-state index is -0.244. The van der Waals surface area contributed by atoms with Gasteiger partial charge in [-0.05, 0) is 37.6 Å². The van der Waals surface area contributed by atoms with Crippen molar-refractivity contribution < 1.29 is 9.18 Å². The van der Waals surface area contributed by atoms with E-state index < -0.39 is 0 Å². The summed E-state index contributed by atoms with van der Waals surface area (Å²) in [6.45, 7) is 3.68. The van der Waals surface area contributed by atoms with Crippen molar-refractivity contribution in [3.63, 3.8) is 0 Å². The molecule has 138 valence electrons. The van der Waals surface area contributed by atoms with Crippen LogP contribution < -0.4 is 5.32 Å².